The van der Waals surface area contributed by atoms with Crippen LogP contribution in [0.1, 0.15) is 23.2 Å². The highest BCUT2D eigenvalue weighted by molar-refractivity contribution is 9.11. The van der Waals surface area contributed by atoms with E-state index in [9.17, 15) is 40.1 Å². The van der Waals surface area contributed by atoms with Crippen molar-refractivity contribution in [3.8, 4) is 5.75 Å². The largest absolute Gasteiger partial charge is 0.744 e. The maximum Gasteiger partial charge on any atom is 0.340 e. The van der Waals surface area contributed by atoms with Gasteiger partial charge in [0.05, 0.1) is 11.5 Å². The summed E-state index contributed by atoms with van der Waals surface area (Å²) in [7, 11) is -5.92. The van der Waals surface area contributed by atoms with Crippen LogP contribution in [0.15, 0.2) is 54.8 Å². The van der Waals surface area contributed by atoms with Crippen LogP contribution in [0.2, 0.25) is 0 Å². The summed E-state index contributed by atoms with van der Waals surface area (Å²) in [5.74, 6) is -15.8. The lowest BCUT2D eigenvalue weighted by Gasteiger charge is -2.40. The monoisotopic (exact) mass is 759 g/mol. The molecule has 4 atom stereocenters. The first-order valence-corrected chi connectivity index (χ1v) is 14.7. The van der Waals surface area contributed by atoms with Crippen molar-refractivity contribution in [2.45, 2.75) is 23.8 Å². The maximum absolute atomic E-state index is 14.4. The van der Waals surface area contributed by atoms with E-state index < -0.39 is 79.8 Å². The first kappa shape index (κ1) is 29.9. The number of allylic oxidation sites excluding steroid dienone is 3. The second-order valence-corrected chi connectivity index (χ2v) is 12.5. The molecule has 0 aliphatic heterocycles. The van der Waals surface area contributed by atoms with Gasteiger partial charge in [-0.25, -0.2) is 22.0 Å². The predicted octanol–water partition coefficient (Wildman–Crippen LogP) is 6.33. The Hall–Kier alpha value is -2.07. The first-order valence-electron chi connectivity index (χ1n) is 11.0. The zero-order valence-corrected chi connectivity index (χ0v) is 24.7. The van der Waals surface area contributed by atoms with Gasteiger partial charge in [0, 0.05) is 25.3 Å². The highest BCUT2D eigenvalue weighted by Gasteiger charge is 2.44. The Kier molecular flexibility index (Phi) is 8.76. The van der Waals surface area contributed by atoms with E-state index in [1.807, 2.05) is 0 Å². The van der Waals surface area contributed by atoms with Crippen LogP contribution in [0.4, 0.5) is 17.6 Å². The standard InChI is InChI=1S/C24H15Br3F4O7S/c25-9-7-13(26)16(14(27)8-9)24(33)37-15-6-5-12(10-3-1-2-4-11(10)15)23(32)38-21-17(28)19(30)22(39(34,35)36)20(31)18(21)29/h1-4,7-8,10-12,15H,5-6H2,(H,34,35,36)/p-1. The van der Waals surface area contributed by atoms with E-state index in [1.54, 1.807) is 36.4 Å². The molecule has 4 unspecified atom stereocenters. The fourth-order valence-electron chi connectivity index (χ4n) is 4.57. The van der Waals surface area contributed by atoms with E-state index in [0.29, 0.717) is 13.4 Å². The summed E-state index contributed by atoms with van der Waals surface area (Å²) < 4.78 is 102. The molecule has 4 rings (SSSR count). The van der Waals surface area contributed by atoms with Crippen LogP contribution in [0.3, 0.4) is 0 Å². The average Bonchev–Trinajstić information content (AvgIpc) is 2.84. The molecule has 0 aromatic heterocycles. The lowest BCUT2D eigenvalue weighted by molar-refractivity contribution is -0.143. The minimum absolute atomic E-state index is 0.0000288. The molecule has 0 heterocycles. The Morgan fingerprint density at radius 1 is 0.872 bits per heavy atom. The molecule has 1 saturated carbocycles. The molecule has 208 valence electrons. The lowest BCUT2D eigenvalue weighted by atomic mass is 9.69. The van der Waals surface area contributed by atoms with Crippen LogP contribution in [-0.2, 0) is 19.6 Å². The van der Waals surface area contributed by atoms with Gasteiger partial charge < -0.3 is 14.0 Å². The van der Waals surface area contributed by atoms with Gasteiger partial charge in [-0.2, -0.15) is 8.78 Å². The third-order valence-electron chi connectivity index (χ3n) is 6.29. The number of hydrogen-bond acceptors (Lipinski definition) is 7. The normalized spacial score (nSPS) is 22.4. The highest BCUT2D eigenvalue weighted by Crippen LogP contribution is 2.42. The summed E-state index contributed by atoms with van der Waals surface area (Å²) in [6.45, 7) is 0. The molecule has 1 fully saturated rings. The zero-order valence-electron chi connectivity index (χ0n) is 19.1. The molecule has 15 heteroatoms. The quantitative estimate of drug-likeness (QED) is 0.115. The lowest BCUT2D eigenvalue weighted by Crippen LogP contribution is -2.43. The van der Waals surface area contributed by atoms with E-state index in [2.05, 4.69) is 52.5 Å². The van der Waals surface area contributed by atoms with Gasteiger partial charge in [0.2, 0.25) is 17.4 Å². The minimum atomic E-state index is -5.92. The fourth-order valence-corrected chi connectivity index (χ4v) is 7.77. The topological polar surface area (TPSA) is 110 Å². The molecule has 2 aromatic rings. The fraction of sp³-hybridized carbons (Fsp3) is 0.250. The SMILES string of the molecule is O=C(OC1CCC(C(=O)Oc2c(F)c(F)c(S(=O)(=O)[O-])c(F)c2F)C2C=CC=CC12)c1c(Br)cc(Br)cc1Br. The summed E-state index contributed by atoms with van der Waals surface area (Å²) in [4.78, 5) is 23.6. The summed E-state index contributed by atoms with van der Waals surface area (Å²) in [5.41, 5.74) is 0.227. The minimum Gasteiger partial charge on any atom is -0.744 e. The number of benzene rings is 2. The Balaban J connectivity index is 1.57. The van der Waals surface area contributed by atoms with Crippen molar-refractivity contribution in [2.24, 2.45) is 17.8 Å². The van der Waals surface area contributed by atoms with Crippen molar-refractivity contribution >= 4 is 69.8 Å². The van der Waals surface area contributed by atoms with Gasteiger partial charge in [-0.05, 0) is 56.8 Å². The van der Waals surface area contributed by atoms with Crippen molar-refractivity contribution < 1.29 is 49.6 Å². The van der Waals surface area contributed by atoms with Crippen LogP contribution >= 0.6 is 47.8 Å². The second kappa shape index (κ2) is 11.4. The molecule has 2 aliphatic rings. The average molecular weight is 762 g/mol. The highest BCUT2D eigenvalue weighted by atomic mass is 79.9. The van der Waals surface area contributed by atoms with Crippen LogP contribution in [-0.4, -0.2) is 31.0 Å². The number of halogens is 7. The zero-order chi connectivity index (χ0) is 28.8. The summed E-state index contributed by atoms with van der Waals surface area (Å²) in [6.07, 6.45) is 5.96. The summed E-state index contributed by atoms with van der Waals surface area (Å²) in [6, 6.07) is 3.31. The Morgan fingerprint density at radius 3 is 1.95 bits per heavy atom. The molecule has 0 N–H and O–H groups in total. The van der Waals surface area contributed by atoms with Gasteiger partial charge in [-0.3, -0.25) is 4.79 Å². The smallest absolute Gasteiger partial charge is 0.340 e. The molecule has 0 bridgehead atoms. The van der Waals surface area contributed by atoms with Gasteiger partial charge in [-0.15, -0.1) is 0 Å². The van der Waals surface area contributed by atoms with Gasteiger partial charge >= 0.3 is 11.9 Å². The van der Waals surface area contributed by atoms with Gasteiger partial charge in [0.25, 0.3) is 0 Å². The van der Waals surface area contributed by atoms with E-state index in [-0.39, 0.29) is 18.4 Å². The van der Waals surface area contributed by atoms with Gasteiger partial charge in [0.1, 0.15) is 21.1 Å². The first-order chi connectivity index (χ1) is 18.2. The molecule has 0 amide bonds. The van der Waals surface area contributed by atoms with Crippen LogP contribution in [0.5, 0.6) is 5.75 Å². The van der Waals surface area contributed by atoms with Crippen molar-refractivity contribution in [2.75, 3.05) is 0 Å². The molecule has 39 heavy (non-hydrogen) atoms. The van der Waals surface area contributed by atoms with Gasteiger partial charge in [0.15, 0.2) is 11.6 Å². The number of fused-ring (bicyclic) bond motifs is 1. The van der Waals surface area contributed by atoms with Gasteiger partial charge in [-0.1, -0.05) is 40.2 Å². The van der Waals surface area contributed by atoms with Crippen molar-refractivity contribution in [1.29, 1.82) is 0 Å². The molecular weight excluding hydrogens is 748 g/mol. The number of rotatable bonds is 5. The molecular formula is C24H14Br3F4O7S-. The Labute approximate surface area is 244 Å². The maximum atomic E-state index is 14.4. The number of carbonyl (C=O) groups excluding carboxylic acids is 2. The summed E-state index contributed by atoms with van der Waals surface area (Å²) in [5, 5.41) is 0. The third kappa shape index (κ3) is 5.87. The molecule has 0 saturated heterocycles. The molecule has 2 aromatic carbocycles. The molecule has 0 radical (unpaired) electrons. The van der Waals surface area contributed by atoms with Crippen molar-refractivity contribution in [3.05, 3.63) is 78.7 Å². The number of carbonyl (C=O) groups is 2. The second-order valence-electron chi connectivity index (χ2n) is 8.59. The number of esters is 2. The number of ether oxygens (including phenoxy) is 2. The van der Waals surface area contributed by atoms with E-state index >= 15 is 0 Å². The molecule has 2 aliphatic carbocycles. The van der Waals surface area contributed by atoms with Crippen LogP contribution in [0.25, 0.3) is 0 Å². The Morgan fingerprint density at radius 2 is 1.41 bits per heavy atom. The van der Waals surface area contributed by atoms with Crippen molar-refractivity contribution in [1.82, 2.24) is 0 Å². The van der Waals surface area contributed by atoms with E-state index in [4.69, 9.17) is 4.74 Å². The van der Waals surface area contributed by atoms with Crippen LogP contribution < -0.4 is 4.74 Å². The van der Waals surface area contributed by atoms with Crippen molar-refractivity contribution in [3.63, 3.8) is 0 Å². The molecule has 7 nitrogen and oxygen atoms in total. The van der Waals surface area contributed by atoms with E-state index in [0.717, 1.165) is 0 Å². The summed E-state index contributed by atoms with van der Waals surface area (Å²) >= 11 is 9.94. The number of hydrogen-bond donors (Lipinski definition) is 0. The van der Waals surface area contributed by atoms with Crippen LogP contribution in [0, 0.1) is 41.0 Å². The predicted molar refractivity (Wildman–Crippen MR) is 137 cm³/mol. The molecule has 0 spiro atoms. The third-order valence-corrected chi connectivity index (χ3v) is 8.85. The Bertz CT molecular complexity index is 1490. The van der Waals surface area contributed by atoms with E-state index in [1.165, 1.54) is 0 Å².